The number of hydrogen-bond acceptors (Lipinski definition) is 5. The molecule has 0 fully saturated rings. The van der Waals surface area contributed by atoms with Crippen molar-refractivity contribution < 1.29 is 23.8 Å². The Labute approximate surface area is 180 Å². The van der Waals surface area contributed by atoms with Crippen molar-refractivity contribution in [3.63, 3.8) is 0 Å². The van der Waals surface area contributed by atoms with Crippen LogP contribution >= 0.6 is 11.6 Å². The van der Waals surface area contributed by atoms with Crippen LogP contribution in [0.1, 0.15) is 36.2 Å². The summed E-state index contributed by atoms with van der Waals surface area (Å²) in [6.45, 7) is 4.80. The van der Waals surface area contributed by atoms with Crippen molar-refractivity contribution in [3.05, 3.63) is 52.5 Å². The van der Waals surface area contributed by atoms with Gasteiger partial charge < -0.3 is 14.2 Å². The average Bonchev–Trinajstić information content (AvgIpc) is 3.15. The SMILES string of the molecule is COc1cc(C(=O)NNC(=O)C2Cc3cc(Cl)ccc3O2)ccc1OCCC(C)C. The second-order valence-corrected chi connectivity index (χ2v) is 7.84. The molecule has 0 saturated heterocycles. The molecule has 0 aliphatic carbocycles. The largest absolute Gasteiger partial charge is 0.493 e. The first kappa shape index (κ1) is 21.8. The van der Waals surface area contributed by atoms with Gasteiger partial charge in [-0.1, -0.05) is 25.4 Å². The van der Waals surface area contributed by atoms with Crippen molar-refractivity contribution in [1.29, 1.82) is 0 Å². The number of nitrogens with one attached hydrogen (secondary N) is 2. The van der Waals surface area contributed by atoms with Crippen molar-refractivity contribution in [2.75, 3.05) is 13.7 Å². The molecule has 0 spiro atoms. The van der Waals surface area contributed by atoms with Crippen molar-refractivity contribution in [1.82, 2.24) is 10.9 Å². The topological polar surface area (TPSA) is 85.9 Å². The lowest BCUT2D eigenvalue weighted by atomic mass is 10.1. The van der Waals surface area contributed by atoms with Crippen LogP contribution in [0.15, 0.2) is 36.4 Å². The van der Waals surface area contributed by atoms with E-state index in [-0.39, 0.29) is 0 Å². The fraction of sp³-hybridized carbons (Fsp3) is 0.364. The molecule has 1 unspecified atom stereocenters. The van der Waals surface area contributed by atoms with E-state index >= 15 is 0 Å². The molecule has 0 bridgehead atoms. The zero-order valence-electron chi connectivity index (χ0n) is 17.2. The molecule has 2 aromatic rings. The van der Waals surface area contributed by atoms with Crippen LogP contribution in [0.4, 0.5) is 0 Å². The Morgan fingerprint density at radius 1 is 1.17 bits per heavy atom. The molecule has 30 heavy (non-hydrogen) atoms. The van der Waals surface area contributed by atoms with E-state index in [0.29, 0.717) is 46.8 Å². The van der Waals surface area contributed by atoms with Gasteiger partial charge in [-0.15, -0.1) is 0 Å². The molecule has 0 saturated carbocycles. The van der Waals surface area contributed by atoms with E-state index in [4.69, 9.17) is 25.8 Å². The van der Waals surface area contributed by atoms with Gasteiger partial charge in [0.25, 0.3) is 11.8 Å². The molecule has 8 heteroatoms. The maximum atomic E-state index is 12.4. The minimum absolute atomic E-state index is 0.325. The smallest absolute Gasteiger partial charge is 0.279 e. The average molecular weight is 433 g/mol. The predicted octanol–water partition coefficient (Wildman–Crippen LogP) is 3.54. The van der Waals surface area contributed by atoms with Gasteiger partial charge >= 0.3 is 0 Å². The van der Waals surface area contributed by atoms with Crippen molar-refractivity contribution in [2.24, 2.45) is 5.92 Å². The molecule has 1 heterocycles. The van der Waals surface area contributed by atoms with Crippen molar-refractivity contribution in [2.45, 2.75) is 32.8 Å². The summed E-state index contributed by atoms with van der Waals surface area (Å²) in [6.07, 6.45) is 0.565. The molecule has 160 valence electrons. The van der Waals surface area contributed by atoms with E-state index < -0.39 is 17.9 Å². The van der Waals surface area contributed by atoms with Crippen LogP contribution in [0.5, 0.6) is 17.2 Å². The number of halogens is 1. The van der Waals surface area contributed by atoms with Crippen LogP contribution in [-0.2, 0) is 11.2 Å². The minimum Gasteiger partial charge on any atom is -0.493 e. The van der Waals surface area contributed by atoms with E-state index in [1.54, 1.807) is 36.4 Å². The summed E-state index contributed by atoms with van der Waals surface area (Å²) in [6, 6.07) is 10.0. The number of hydrazine groups is 1. The quantitative estimate of drug-likeness (QED) is 0.653. The van der Waals surface area contributed by atoms with Crippen LogP contribution in [0.25, 0.3) is 0 Å². The molecule has 2 aromatic carbocycles. The van der Waals surface area contributed by atoms with Gasteiger partial charge in [0, 0.05) is 17.0 Å². The van der Waals surface area contributed by atoms with Gasteiger partial charge in [0.2, 0.25) is 0 Å². The lowest BCUT2D eigenvalue weighted by Crippen LogP contribution is -2.47. The zero-order valence-corrected chi connectivity index (χ0v) is 17.9. The highest BCUT2D eigenvalue weighted by atomic mass is 35.5. The lowest BCUT2D eigenvalue weighted by Gasteiger charge is -2.14. The van der Waals surface area contributed by atoms with Crippen LogP contribution in [0.3, 0.4) is 0 Å². The summed E-state index contributed by atoms with van der Waals surface area (Å²) >= 11 is 5.97. The van der Waals surface area contributed by atoms with Gasteiger partial charge in [-0.2, -0.15) is 0 Å². The first-order valence-corrected chi connectivity index (χ1v) is 10.1. The monoisotopic (exact) mass is 432 g/mol. The van der Waals surface area contributed by atoms with Crippen LogP contribution < -0.4 is 25.1 Å². The van der Waals surface area contributed by atoms with E-state index in [9.17, 15) is 9.59 Å². The second kappa shape index (κ2) is 9.71. The Hall–Kier alpha value is -2.93. The highest BCUT2D eigenvalue weighted by Gasteiger charge is 2.29. The van der Waals surface area contributed by atoms with E-state index in [1.807, 2.05) is 0 Å². The first-order valence-electron chi connectivity index (χ1n) is 9.73. The Bertz CT molecular complexity index is 932. The van der Waals surface area contributed by atoms with E-state index in [0.717, 1.165) is 12.0 Å². The molecule has 2 amide bonds. The zero-order chi connectivity index (χ0) is 21.7. The van der Waals surface area contributed by atoms with Crippen LogP contribution in [-0.4, -0.2) is 31.6 Å². The van der Waals surface area contributed by atoms with E-state index in [1.165, 1.54) is 7.11 Å². The summed E-state index contributed by atoms with van der Waals surface area (Å²) in [5, 5.41) is 0.581. The standard InChI is InChI=1S/C22H25ClN2O5/c1-13(2)8-9-29-18-6-4-14(11-19(18)28-3)21(26)24-25-22(27)20-12-15-10-16(23)5-7-17(15)30-20/h4-7,10-11,13,20H,8-9,12H2,1-3H3,(H,24,26)(H,25,27). The number of ether oxygens (including phenoxy) is 3. The fourth-order valence-corrected chi connectivity index (χ4v) is 3.16. The van der Waals surface area contributed by atoms with Gasteiger partial charge in [0.05, 0.1) is 13.7 Å². The van der Waals surface area contributed by atoms with Crippen molar-refractivity contribution >= 4 is 23.4 Å². The minimum atomic E-state index is -0.731. The summed E-state index contributed by atoms with van der Waals surface area (Å²) in [5.74, 6) is 1.23. The Morgan fingerprint density at radius 2 is 1.97 bits per heavy atom. The summed E-state index contributed by atoms with van der Waals surface area (Å²) < 4.78 is 16.7. The number of hydrogen-bond donors (Lipinski definition) is 2. The van der Waals surface area contributed by atoms with Crippen molar-refractivity contribution in [3.8, 4) is 17.2 Å². The number of rotatable bonds is 7. The number of fused-ring (bicyclic) bond motifs is 1. The highest BCUT2D eigenvalue weighted by molar-refractivity contribution is 6.30. The third kappa shape index (κ3) is 5.36. The second-order valence-electron chi connectivity index (χ2n) is 7.40. The maximum absolute atomic E-state index is 12.4. The molecule has 7 nitrogen and oxygen atoms in total. The molecular formula is C22H25ClN2O5. The maximum Gasteiger partial charge on any atom is 0.279 e. The molecule has 3 rings (SSSR count). The number of methoxy groups -OCH3 is 1. The number of carbonyl (C=O) groups excluding carboxylic acids is 2. The normalized spacial score (nSPS) is 14.6. The van der Waals surface area contributed by atoms with Gasteiger partial charge in [0.15, 0.2) is 17.6 Å². The summed E-state index contributed by atoms with van der Waals surface area (Å²) in [5.41, 5.74) is 5.98. The number of amides is 2. The van der Waals surface area contributed by atoms with Crippen LogP contribution in [0.2, 0.25) is 5.02 Å². The first-order chi connectivity index (χ1) is 14.4. The molecule has 0 aromatic heterocycles. The Morgan fingerprint density at radius 3 is 2.70 bits per heavy atom. The Balaban J connectivity index is 1.55. The third-order valence-corrected chi connectivity index (χ3v) is 4.90. The molecule has 2 N–H and O–H groups in total. The molecule has 0 radical (unpaired) electrons. The van der Waals surface area contributed by atoms with Crippen LogP contribution in [0, 0.1) is 5.92 Å². The molecule has 1 aliphatic heterocycles. The van der Waals surface area contributed by atoms with E-state index in [2.05, 4.69) is 24.7 Å². The fourth-order valence-electron chi connectivity index (χ4n) is 2.97. The summed E-state index contributed by atoms with van der Waals surface area (Å²) in [7, 11) is 1.51. The highest BCUT2D eigenvalue weighted by Crippen LogP contribution is 2.31. The van der Waals surface area contributed by atoms with Gasteiger partial charge in [-0.05, 0) is 54.3 Å². The number of benzene rings is 2. The van der Waals surface area contributed by atoms with Gasteiger partial charge in [0.1, 0.15) is 5.75 Å². The summed E-state index contributed by atoms with van der Waals surface area (Å²) in [4.78, 5) is 24.8. The molecular weight excluding hydrogens is 408 g/mol. The lowest BCUT2D eigenvalue weighted by molar-refractivity contribution is -0.128. The molecule has 1 aliphatic rings. The third-order valence-electron chi connectivity index (χ3n) is 4.67. The van der Waals surface area contributed by atoms with Gasteiger partial charge in [-0.3, -0.25) is 20.4 Å². The predicted molar refractivity (Wildman–Crippen MR) is 113 cm³/mol. The molecule has 1 atom stereocenters. The Kier molecular flexibility index (Phi) is 7.05. The van der Waals surface area contributed by atoms with Gasteiger partial charge in [-0.25, -0.2) is 0 Å². The number of carbonyl (C=O) groups is 2.